The Labute approximate surface area is 89.5 Å². The zero-order valence-corrected chi connectivity index (χ0v) is 8.65. The predicted octanol–water partition coefficient (Wildman–Crippen LogP) is 2.70. The molecule has 90 valence electrons. The molecule has 0 spiro atoms. The maximum atomic E-state index is 13.3. The smallest absolute Gasteiger partial charge is 0.204 e. The molecule has 6 heteroatoms. The second-order valence-corrected chi connectivity index (χ2v) is 3.11. The summed E-state index contributed by atoms with van der Waals surface area (Å²) in [6, 6.07) is 0. The number of aliphatic hydroxyl groups excluding tert-OH is 1. The van der Waals surface area contributed by atoms with Crippen molar-refractivity contribution in [3.05, 3.63) is 28.8 Å². The van der Waals surface area contributed by atoms with E-state index in [4.69, 9.17) is 5.11 Å². The fourth-order valence-corrected chi connectivity index (χ4v) is 1.27. The lowest BCUT2D eigenvalue weighted by Crippen LogP contribution is -2.10. The Morgan fingerprint density at radius 3 is 1.81 bits per heavy atom. The van der Waals surface area contributed by atoms with Gasteiger partial charge >= 0.3 is 0 Å². The summed E-state index contributed by atoms with van der Waals surface area (Å²) in [7, 11) is 0. The first-order chi connectivity index (χ1) is 7.41. The second kappa shape index (κ2) is 4.69. The van der Waals surface area contributed by atoms with E-state index in [0.29, 0.717) is 0 Å². The highest BCUT2D eigenvalue weighted by atomic mass is 19.2. The standard InChI is InChI=1S/C10H10F4O2/c1-3-16-10-8(13)6(11)5(4(2)15)7(12)9(10)14/h4,15H,3H2,1-2H3. The van der Waals surface area contributed by atoms with Gasteiger partial charge in [-0.05, 0) is 13.8 Å². The summed E-state index contributed by atoms with van der Waals surface area (Å²) in [5, 5.41) is 9.00. The van der Waals surface area contributed by atoms with E-state index >= 15 is 0 Å². The Morgan fingerprint density at radius 2 is 1.50 bits per heavy atom. The van der Waals surface area contributed by atoms with Gasteiger partial charge in [-0.3, -0.25) is 0 Å². The third kappa shape index (κ3) is 1.97. The molecule has 0 radical (unpaired) electrons. The minimum Gasteiger partial charge on any atom is -0.488 e. The Kier molecular flexibility index (Phi) is 3.74. The highest BCUT2D eigenvalue weighted by Crippen LogP contribution is 2.32. The molecular formula is C10H10F4O2. The Balaban J connectivity index is 3.50. The van der Waals surface area contributed by atoms with Gasteiger partial charge < -0.3 is 9.84 Å². The first kappa shape index (κ1) is 12.8. The molecule has 1 unspecified atom stereocenters. The third-order valence-electron chi connectivity index (χ3n) is 1.96. The van der Waals surface area contributed by atoms with Crippen molar-refractivity contribution in [2.45, 2.75) is 20.0 Å². The summed E-state index contributed by atoms with van der Waals surface area (Å²) in [6.07, 6.45) is -1.65. The van der Waals surface area contributed by atoms with Crippen molar-refractivity contribution in [2.24, 2.45) is 0 Å². The fourth-order valence-electron chi connectivity index (χ4n) is 1.27. The molecule has 0 amide bonds. The molecule has 0 aliphatic carbocycles. The zero-order valence-electron chi connectivity index (χ0n) is 8.65. The van der Waals surface area contributed by atoms with Crippen molar-refractivity contribution in [1.82, 2.24) is 0 Å². The van der Waals surface area contributed by atoms with Crippen LogP contribution in [0.2, 0.25) is 0 Å². The quantitative estimate of drug-likeness (QED) is 0.648. The van der Waals surface area contributed by atoms with E-state index in [1.54, 1.807) is 0 Å². The lowest BCUT2D eigenvalue weighted by Gasteiger charge is -2.13. The highest BCUT2D eigenvalue weighted by molar-refractivity contribution is 5.35. The van der Waals surface area contributed by atoms with Gasteiger partial charge in [0.1, 0.15) is 0 Å². The fraction of sp³-hybridized carbons (Fsp3) is 0.400. The van der Waals surface area contributed by atoms with E-state index in [1.807, 2.05) is 0 Å². The lowest BCUT2D eigenvalue weighted by molar-refractivity contribution is 0.182. The number of rotatable bonds is 3. The average Bonchev–Trinajstić information content (AvgIpc) is 2.21. The van der Waals surface area contributed by atoms with Crippen LogP contribution in [-0.4, -0.2) is 11.7 Å². The minimum absolute atomic E-state index is 0.138. The number of aliphatic hydroxyl groups is 1. The first-order valence-electron chi connectivity index (χ1n) is 4.58. The van der Waals surface area contributed by atoms with Crippen LogP contribution in [0.15, 0.2) is 0 Å². The van der Waals surface area contributed by atoms with Crippen LogP contribution in [0.5, 0.6) is 5.75 Å². The average molecular weight is 238 g/mol. The van der Waals surface area contributed by atoms with Crippen LogP contribution in [0, 0.1) is 23.3 Å². The maximum absolute atomic E-state index is 13.3. The third-order valence-corrected chi connectivity index (χ3v) is 1.96. The van der Waals surface area contributed by atoms with Crippen LogP contribution in [0.25, 0.3) is 0 Å². The summed E-state index contributed by atoms with van der Waals surface area (Å²) in [5.41, 5.74) is -1.04. The molecule has 1 aromatic rings. The van der Waals surface area contributed by atoms with Crippen molar-refractivity contribution in [1.29, 1.82) is 0 Å². The molecule has 0 fully saturated rings. The van der Waals surface area contributed by atoms with Gasteiger partial charge in [0.15, 0.2) is 17.4 Å². The number of hydrogen-bond acceptors (Lipinski definition) is 2. The molecule has 0 bridgehead atoms. The molecule has 1 rings (SSSR count). The van der Waals surface area contributed by atoms with E-state index in [9.17, 15) is 17.6 Å². The molecule has 16 heavy (non-hydrogen) atoms. The van der Waals surface area contributed by atoms with Crippen molar-refractivity contribution in [3.8, 4) is 5.75 Å². The van der Waals surface area contributed by atoms with Gasteiger partial charge in [0.25, 0.3) is 0 Å². The number of hydrogen-bond donors (Lipinski definition) is 1. The molecule has 1 N–H and O–H groups in total. The van der Waals surface area contributed by atoms with E-state index in [2.05, 4.69) is 4.74 Å². The Hall–Kier alpha value is -1.30. The van der Waals surface area contributed by atoms with Crippen molar-refractivity contribution in [3.63, 3.8) is 0 Å². The van der Waals surface area contributed by atoms with E-state index in [1.165, 1.54) is 6.92 Å². The minimum atomic E-state index is -1.65. The van der Waals surface area contributed by atoms with Gasteiger partial charge in [0.2, 0.25) is 11.6 Å². The lowest BCUT2D eigenvalue weighted by atomic mass is 10.1. The Bertz CT molecular complexity index is 375. The van der Waals surface area contributed by atoms with Gasteiger partial charge in [-0.15, -0.1) is 0 Å². The number of halogens is 4. The molecule has 1 atom stereocenters. The molecular weight excluding hydrogens is 228 g/mol. The molecule has 0 saturated carbocycles. The van der Waals surface area contributed by atoms with Crippen LogP contribution in [0.3, 0.4) is 0 Å². The SMILES string of the molecule is CCOc1c(F)c(F)c(C(C)O)c(F)c1F. The summed E-state index contributed by atoms with van der Waals surface area (Å²) < 4.78 is 57.4. The van der Waals surface area contributed by atoms with Gasteiger partial charge in [-0.1, -0.05) is 0 Å². The van der Waals surface area contributed by atoms with Crippen LogP contribution < -0.4 is 4.74 Å². The van der Waals surface area contributed by atoms with Gasteiger partial charge in [-0.25, -0.2) is 8.78 Å². The summed E-state index contributed by atoms with van der Waals surface area (Å²) in [6.45, 7) is 2.28. The van der Waals surface area contributed by atoms with E-state index in [0.717, 1.165) is 6.92 Å². The number of ether oxygens (including phenoxy) is 1. The first-order valence-corrected chi connectivity index (χ1v) is 4.58. The molecule has 2 nitrogen and oxygen atoms in total. The molecule has 0 saturated heterocycles. The van der Waals surface area contributed by atoms with Gasteiger partial charge in [-0.2, -0.15) is 8.78 Å². The van der Waals surface area contributed by atoms with Crippen LogP contribution in [0.4, 0.5) is 17.6 Å². The van der Waals surface area contributed by atoms with Crippen LogP contribution in [-0.2, 0) is 0 Å². The summed E-state index contributed by atoms with van der Waals surface area (Å²) in [5.74, 6) is -7.68. The van der Waals surface area contributed by atoms with Gasteiger partial charge in [0, 0.05) is 0 Å². The molecule has 0 heterocycles. The topological polar surface area (TPSA) is 29.5 Å². The largest absolute Gasteiger partial charge is 0.488 e. The second-order valence-electron chi connectivity index (χ2n) is 3.11. The van der Waals surface area contributed by atoms with Crippen LogP contribution in [0.1, 0.15) is 25.5 Å². The molecule has 0 aliphatic rings. The van der Waals surface area contributed by atoms with E-state index in [-0.39, 0.29) is 6.61 Å². The van der Waals surface area contributed by atoms with Crippen molar-refractivity contribution in [2.75, 3.05) is 6.61 Å². The normalized spacial score (nSPS) is 12.7. The van der Waals surface area contributed by atoms with E-state index < -0.39 is 40.7 Å². The molecule has 1 aromatic carbocycles. The summed E-state index contributed by atoms with van der Waals surface area (Å²) >= 11 is 0. The Morgan fingerprint density at radius 1 is 1.06 bits per heavy atom. The monoisotopic (exact) mass is 238 g/mol. The maximum Gasteiger partial charge on any atom is 0.204 e. The summed E-state index contributed by atoms with van der Waals surface area (Å²) in [4.78, 5) is 0. The van der Waals surface area contributed by atoms with Crippen molar-refractivity contribution >= 4 is 0 Å². The van der Waals surface area contributed by atoms with Crippen molar-refractivity contribution < 1.29 is 27.4 Å². The number of benzene rings is 1. The van der Waals surface area contributed by atoms with Crippen LogP contribution >= 0.6 is 0 Å². The zero-order chi connectivity index (χ0) is 12.5. The van der Waals surface area contributed by atoms with Gasteiger partial charge in [0.05, 0.1) is 18.3 Å². The molecule has 0 aromatic heterocycles. The highest BCUT2D eigenvalue weighted by Gasteiger charge is 2.28. The predicted molar refractivity (Wildman–Crippen MR) is 48.1 cm³/mol. The molecule has 0 aliphatic heterocycles.